The van der Waals surface area contributed by atoms with Crippen LogP contribution < -0.4 is 4.74 Å². The van der Waals surface area contributed by atoms with E-state index in [2.05, 4.69) is 31.0 Å². The Balaban J connectivity index is 1.83. The molecule has 0 aliphatic rings. The quantitative estimate of drug-likeness (QED) is 0.236. The SMILES string of the molecule is CCCCCCCc1ccc(OC(=O)C=CC(CCC)c2ccccc2)nc1. The Labute approximate surface area is 169 Å². The van der Waals surface area contributed by atoms with Gasteiger partial charge >= 0.3 is 5.97 Å². The summed E-state index contributed by atoms with van der Waals surface area (Å²) in [6, 6.07) is 14.0. The van der Waals surface area contributed by atoms with E-state index in [1.807, 2.05) is 36.5 Å². The molecule has 1 atom stereocenters. The molecule has 2 aromatic rings. The maximum absolute atomic E-state index is 12.2. The van der Waals surface area contributed by atoms with Crippen molar-refractivity contribution in [1.29, 1.82) is 0 Å². The Morgan fingerprint density at radius 3 is 2.46 bits per heavy atom. The summed E-state index contributed by atoms with van der Waals surface area (Å²) in [5, 5.41) is 0. The molecule has 150 valence electrons. The average molecular weight is 380 g/mol. The summed E-state index contributed by atoms with van der Waals surface area (Å²) in [7, 11) is 0. The molecule has 0 aliphatic carbocycles. The number of carbonyl (C=O) groups is 1. The topological polar surface area (TPSA) is 39.2 Å². The highest BCUT2D eigenvalue weighted by atomic mass is 16.5. The van der Waals surface area contributed by atoms with E-state index < -0.39 is 0 Å². The van der Waals surface area contributed by atoms with Gasteiger partial charge in [-0.3, -0.25) is 0 Å². The predicted octanol–water partition coefficient (Wildman–Crippen LogP) is 6.64. The lowest BCUT2D eigenvalue weighted by Gasteiger charge is -2.11. The number of pyridine rings is 1. The molecule has 3 nitrogen and oxygen atoms in total. The van der Waals surface area contributed by atoms with Crippen molar-refractivity contribution in [1.82, 2.24) is 4.98 Å². The summed E-state index contributed by atoms with van der Waals surface area (Å²) in [5.74, 6) is 0.203. The van der Waals surface area contributed by atoms with E-state index >= 15 is 0 Å². The van der Waals surface area contributed by atoms with E-state index in [0.29, 0.717) is 5.88 Å². The lowest BCUT2D eigenvalue weighted by atomic mass is 9.94. The van der Waals surface area contributed by atoms with Crippen LogP contribution in [0.3, 0.4) is 0 Å². The molecule has 28 heavy (non-hydrogen) atoms. The van der Waals surface area contributed by atoms with Gasteiger partial charge in [-0.15, -0.1) is 0 Å². The molecule has 0 saturated carbocycles. The number of hydrogen-bond acceptors (Lipinski definition) is 3. The molecule has 0 amide bonds. The van der Waals surface area contributed by atoms with Crippen molar-refractivity contribution < 1.29 is 9.53 Å². The van der Waals surface area contributed by atoms with Gasteiger partial charge in [0, 0.05) is 24.3 Å². The summed E-state index contributed by atoms with van der Waals surface area (Å²) in [6.07, 6.45) is 14.7. The first-order chi connectivity index (χ1) is 13.7. The molecular formula is C25H33NO2. The van der Waals surface area contributed by atoms with Crippen LogP contribution in [0.5, 0.6) is 5.88 Å². The van der Waals surface area contributed by atoms with E-state index in [1.165, 1.54) is 49.3 Å². The van der Waals surface area contributed by atoms with Crippen molar-refractivity contribution in [2.24, 2.45) is 0 Å². The van der Waals surface area contributed by atoms with Crippen LogP contribution in [0.4, 0.5) is 0 Å². The minimum absolute atomic E-state index is 0.224. The van der Waals surface area contributed by atoms with Crippen LogP contribution in [-0.2, 0) is 11.2 Å². The zero-order chi connectivity index (χ0) is 20.0. The summed E-state index contributed by atoms with van der Waals surface area (Å²) in [4.78, 5) is 16.4. The molecule has 1 aromatic carbocycles. The zero-order valence-electron chi connectivity index (χ0n) is 17.3. The van der Waals surface area contributed by atoms with Gasteiger partial charge in [-0.2, -0.15) is 0 Å². The molecule has 2 rings (SSSR count). The van der Waals surface area contributed by atoms with Crippen LogP contribution in [-0.4, -0.2) is 11.0 Å². The first-order valence-electron chi connectivity index (χ1n) is 10.6. The van der Waals surface area contributed by atoms with Gasteiger partial charge in [0.1, 0.15) is 0 Å². The highest BCUT2D eigenvalue weighted by Gasteiger charge is 2.08. The molecule has 0 fully saturated rings. The molecule has 1 aromatic heterocycles. The second-order valence-corrected chi connectivity index (χ2v) is 7.25. The summed E-state index contributed by atoms with van der Waals surface area (Å²) in [5.41, 5.74) is 2.41. The van der Waals surface area contributed by atoms with Gasteiger partial charge in [0.05, 0.1) is 0 Å². The zero-order valence-corrected chi connectivity index (χ0v) is 17.3. The van der Waals surface area contributed by atoms with Crippen LogP contribution >= 0.6 is 0 Å². The fourth-order valence-electron chi connectivity index (χ4n) is 3.27. The smallest absolute Gasteiger partial charge is 0.337 e. The van der Waals surface area contributed by atoms with Crippen molar-refractivity contribution in [3.8, 4) is 5.88 Å². The molecular weight excluding hydrogens is 346 g/mol. The number of unbranched alkanes of at least 4 members (excludes halogenated alkanes) is 4. The molecule has 1 unspecified atom stereocenters. The fourth-order valence-corrected chi connectivity index (χ4v) is 3.27. The molecule has 0 N–H and O–H groups in total. The van der Waals surface area contributed by atoms with Crippen molar-refractivity contribution in [3.63, 3.8) is 0 Å². The number of rotatable bonds is 12. The van der Waals surface area contributed by atoms with Crippen molar-refractivity contribution >= 4 is 5.97 Å². The van der Waals surface area contributed by atoms with E-state index in [0.717, 1.165) is 19.3 Å². The minimum atomic E-state index is -0.378. The van der Waals surface area contributed by atoms with Gasteiger partial charge in [0.2, 0.25) is 5.88 Å². The molecule has 0 bridgehead atoms. The molecule has 0 aliphatic heterocycles. The van der Waals surface area contributed by atoms with Crippen LogP contribution in [0.2, 0.25) is 0 Å². The van der Waals surface area contributed by atoms with Gasteiger partial charge in [0.15, 0.2) is 0 Å². The Hall–Kier alpha value is -2.42. The molecule has 0 saturated heterocycles. The number of carbonyl (C=O) groups excluding carboxylic acids is 1. The van der Waals surface area contributed by atoms with Gasteiger partial charge in [-0.1, -0.05) is 88.4 Å². The van der Waals surface area contributed by atoms with Crippen LogP contribution in [0.15, 0.2) is 60.8 Å². The molecule has 3 heteroatoms. The van der Waals surface area contributed by atoms with Gasteiger partial charge < -0.3 is 4.74 Å². The molecule has 1 heterocycles. The van der Waals surface area contributed by atoms with Crippen LogP contribution in [0.1, 0.15) is 75.8 Å². The Morgan fingerprint density at radius 2 is 1.79 bits per heavy atom. The Bertz CT molecular complexity index is 707. The molecule has 0 spiro atoms. The highest BCUT2D eigenvalue weighted by Crippen LogP contribution is 2.22. The Morgan fingerprint density at radius 1 is 1.00 bits per heavy atom. The first-order valence-corrected chi connectivity index (χ1v) is 10.6. The van der Waals surface area contributed by atoms with Crippen molar-refractivity contribution in [2.45, 2.75) is 71.1 Å². The second-order valence-electron chi connectivity index (χ2n) is 7.25. The lowest BCUT2D eigenvalue weighted by Crippen LogP contribution is -2.06. The van der Waals surface area contributed by atoms with E-state index in [-0.39, 0.29) is 11.9 Å². The monoisotopic (exact) mass is 379 g/mol. The van der Waals surface area contributed by atoms with Crippen LogP contribution in [0, 0.1) is 0 Å². The minimum Gasteiger partial charge on any atom is -0.404 e. The number of hydrogen-bond donors (Lipinski definition) is 0. The van der Waals surface area contributed by atoms with Gasteiger partial charge in [-0.05, 0) is 30.4 Å². The largest absolute Gasteiger partial charge is 0.404 e. The summed E-state index contributed by atoms with van der Waals surface area (Å²) < 4.78 is 5.35. The standard InChI is InChI=1S/C25H33NO2/c1-3-5-6-7-9-13-21-16-18-24(26-20-21)28-25(27)19-17-22(12-4-2)23-14-10-8-11-15-23/h8,10-11,14-20,22H,3-7,9,12-13H2,1-2H3. The number of esters is 1. The van der Waals surface area contributed by atoms with Gasteiger partial charge in [-0.25, -0.2) is 9.78 Å². The normalized spacial score (nSPS) is 12.2. The maximum atomic E-state index is 12.2. The number of allylic oxidation sites excluding steroid dienone is 1. The number of nitrogens with zero attached hydrogens (tertiary/aromatic N) is 1. The number of aromatic nitrogens is 1. The van der Waals surface area contributed by atoms with E-state index in [1.54, 1.807) is 6.07 Å². The third kappa shape index (κ3) is 8.08. The highest BCUT2D eigenvalue weighted by molar-refractivity contribution is 5.83. The second kappa shape index (κ2) is 12.9. The van der Waals surface area contributed by atoms with E-state index in [4.69, 9.17) is 4.74 Å². The molecule has 0 radical (unpaired) electrons. The fraction of sp³-hybridized carbons (Fsp3) is 0.440. The summed E-state index contributed by atoms with van der Waals surface area (Å²) >= 11 is 0. The van der Waals surface area contributed by atoms with Gasteiger partial charge in [0.25, 0.3) is 0 Å². The number of ether oxygens (including phenoxy) is 1. The van der Waals surface area contributed by atoms with Crippen molar-refractivity contribution in [3.05, 3.63) is 71.9 Å². The lowest BCUT2D eigenvalue weighted by molar-refractivity contribution is -0.129. The Kier molecular flexibility index (Phi) is 10.1. The van der Waals surface area contributed by atoms with Crippen LogP contribution in [0.25, 0.3) is 0 Å². The predicted molar refractivity (Wildman–Crippen MR) is 116 cm³/mol. The third-order valence-electron chi connectivity index (χ3n) is 4.86. The third-order valence-corrected chi connectivity index (χ3v) is 4.86. The van der Waals surface area contributed by atoms with E-state index in [9.17, 15) is 4.79 Å². The number of aryl methyl sites for hydroxylation is 1. The maximum Gasteiger partial charge on any atom is 0.337 e. The average Bonchev–Trinajstić information content (AvgIpc) is 2.73. The number of benzene rings is 1. The van der Waals surface area contributed by atoms with Crippen molar-refractivity contribution in [2.75, 3.05) is 0 Å². The summed E-state index contributed by atoms with van der Waals surface area (Å²) in [6.45, 7) is 4.38. The first kappa shape index (κ1) is 21.9.